The van der Waals surface area contributed by atoms with Gasteiger partial charge in [-0.25, -0.2) is 13.2 Å². The van der Waals surface area contributed by atoms with Crippen molar-refractivity contribution < 1.29 is 26.2 Å². The lowest BCUT2D eigenvalue weighted by Crippen LogP contribution is -2.31. The van der Waals surface area contributed by atoms with Crippen molar-refractivity contribution in [3.63, 3.8) is 0 Å². The highest BCUT2D eigenvalue weighted by Crippen LogP contribution is 2.22. The fourth-order valence-electron chi connectivity index (χ4n) is 1.67. The Kier molecular flexibility index (Phi) is 6.84. The Morgan fingerprint density at radius 1 is 1.33 bits per heavy atom. The molecule has 0 radical (unpaired) electrons. The Morgan fingerprint density at radius 3 is 2.46 bits per heavy atom. The number of nitrogen functional groups attached to an aromatic ring is 1. The van der Waals surface area contributed by atoms with Gasteiger partial charge in [-0.15, -0.1) is 11.6 Å². The van der Waals surface area contributed by atoms with E-state index in [0.717, 1.165) is 6.07 Å². The summed E-state index contributed by atoms with van der Waals surface area (Å²) < 4.78 is 52.9. The number of nitrogens with one attached hydrogen (secondary N) is 2. The van der Waals surface area contributed by atoms with Crippen LogP contribution in [0, 0.1) is 0 Å². The van der Waals surface area contributed by atoms with E-state index in [9.17, 15) is 21.6 Å². The van der Waals surface area contributed by atoms with Crippen molar-refractivity contribution in [1.29, 1.82) is 0 Å². The van der Waals surface area contributed by atoms with E-state index in [1.54, 1.807) is 0 Å². The van der Waals surface area contributed by atoms with Crippen LogP contribution in [0.4, 0.5) is 16.2 Å². The van der Waals surface area contributed by atoms with Crippen molar-refractivity contribution in [3.8, 4) is 0 Å². The molecule has 0 aliphatic rings. The number of carbonyl (C=O) groups excluding carboxylic acids is 1. The summed E-state index contributed by atoms with van der Waals surface area (Å²) in [4.78, 5) is 11.2. The van der Waals surface area contributed by atoms with Gasteiger partial charge in [0.2, 0.25) is 0 Å². The minimum absolute atomic E-state index is 0.104. The number of hydrogen-bond acceptors (Lipinski definition) is 6. The maximum Gasteiger partial charge on any atom is 0.319 e. The van der Waals surface area contributed by atoms with Crippen molar-refractivity contribution in [3.05, 3.63) is 18.2 Å². The van der Waals surface area contributed by atoms with Gasteiger partial charge >= 0.3 is 6.03 Å². The average Bonchev–Trinajstić information content (AvgIpc) is 2.42. The third kappa shape index (κ3) is 6.15. The molecule has 1 aromatic rings. The number of benzene rings is 1. The number of anilines is 2. The fraction of sp³-hybridized carbons (Fsp3) is 0.417. The highest BCUT2D eigenvalue weighted by Gasteiger charge is 2.17. The van der Waals surface area contributed by atoms with Crippen molar-refractivity contribution >= 4 is 49.0 Å². The van der Waals surface area contributed by atoms with Crippen LogP contribution in [0.5, 0.6) is 0 Å². The van der Waals surface area contributed by atoms with Gasteiger partial charge in [0.1, 0.15) is 9.60 Å². The van der Waals surface area contributed by atoms with Gasteiger partial charge in [0, 0.05) is 12.2 Å². The second-order valence-electron chi connectivity index (χ2n) is 4.87. The zero-order valence-corrected chi connectivity index (χ0v) is 15.1. The summed E-state index contributed by atoms with van der Waals surface area (Å²) in [6, 6.07) is 2.85. The molecule has 0 saturated carbocycles. The van der Waals surface area contributed by atoms with Crippen LogP contribution in [0.25, 0.3) is 0 Å². The van der Waals surface area contributed by atoms with Crippen LogP contribution in [0.1, 0.15) is 13.3 Å². The van der Waals surface area contributed by atoms with Gasteiger partial charge in [-0.1, -0.05) is 0 Å². The van der Waals surface area contributed by atoms with E-state index in [1.165, 1.54) is 19.1 Å². The van der Waals surface area contributed by atoms with Crippen LogP contribution in [0.2, 0.25) is 0 Å². The van der Waals surface area contributed by atoms with Crippen LogP contribution in [-0.4, -0.2) is 44.4 Å². The van der Waals surface area contributed by atoms with E-state index in [4.69, 9.17) is 21.9 Å². The Morgan fingerprint density at radius 2 is 1.96 bits per heavy atom. The normalized spacial score (nSPS) is 13.3. The summed E-state index contributed by atoms with van der Waals surface area (Å²) in [6.07, 6.45) is 0.191. The van der Waals surface area contributed by atoms with E-state index < -0.39 is 35.6 Å². The Labute approximate surface area is 145 Å². The van der Waals surface area contributed by atoms with Gasteiger partial charge in [-0.3, -0.25) is 4.55 Å². The molecule has 24 heavy (non-hydrogen) atoms. The molecular formula is C12H18ClN3O6S2. The lowest BCUT2D eigenvalue weighted by Gasteiger charge is -2.10. The lowest BCUT2D eigenvalue weighted by atomic mass is 10.3. The molecule has 2 amide bonds. The maximum atomic E-state index is 11.7. The standard InChI is InChI=1S/C12H18ClN3O6S2/c1-8(13)23(18,19)6-2-5-15-12(17)16-9-3-4-11(10(14)7-9)24(20,21)22/h3-4,7-8H,2,5-6,14H2,1H3,(H2,15,16,17)(H,20,21,22). The largest absolute Gasteiger partial charge is 0.398 e. The summed E-state index contributed by atoms with van der Waals surface area (Å²) >= 11 is 5.52. The zero-order valence-electron chi connectivity index (χ0n) is 12.7. The van der Waals surface area contributed by atoms with Gasteiger partial charge in [-0.05, 0) is 31.5 Å². The Hall–Kier alpha value is -1.56. The molecule has 0 heterocycles. The van der Waals surface area contributed by atoms with Gasteiger partial charge in [-0.2, -0.15) is 8.42 Å². The number of urea groups is 1. The second kappa shape index (κ2) is 8.01. The summed E-state index contributed by atoms with van der Waals surface area (Å²) in [5, 5.41) is 4.84. The first kappa shape index (κ1) is 20.5. The highest BCUT2D eigenvalue weighted by atomic mass is 35.5. The summed E-state index contributed by atoms with van der Waals surface area (Å²) in [5.74, 6) is -0.159. The topological polar surface area (TPSA) is 156 Å². The van der Waals surface area contributed by atoms with Crippen LogP contribution in [0.15, 0.2) is 23.1 Å². The van der Waals surface area contributed by atoms with Crippen molar-refractivity contribution in [2.45, 2.75) is 22.9 Å². The molecule has 1 aromatic carbocycles. The molecule has 136 valence electrons. The summed E-state index contributed by atoms with van der Waals surface area (Å²) in [6.45, 7) is 1.46. The molecule has 0 spiro atoms. The Bertz CT molecular complexity index is 808. The molecule has 1 atom stereocenters. The van der Waals surface area contributed by atoms with Crippen molar-refractivity contribution in [2.24, 2.45) is 0 Å². The van der Waals surface area contributed by atoms with E-state index >= 15 is 0 Å². The molecule has 5 N–H and O–H groups in total. The molecule has 1 unspecified atom stereocenters. The monoisotopic (exact) mass is 399 g/mol. The number of carbonyl (C=O) groups is 1. The Balaban J connectivity index is 2.53. The van der Waals surface area contributed by atoms with Crippen molar-refractivity contribution in [2.75, 3.05) is 23.3 Å². The maximum absolute atomic E-state index is 11.7. The molecule has 0 aliphatic heterocycles. The predicted octanol–water partition coefficient (Wildman–Crippen LogP) is 1.03. The number of nitrogens with two attached hydrogens (primary N) is 1. The molecular weight excluding hydrogens is 382 g/mol. The first-order valence-electron chi connectivity index (χ1n) is 6.71. The second-order valence-corrected chi connectivity index (χ2v) is 9.62. The van der Waals surface area contributed by atoms with Gasteiger partial charge in [0.15, 0.2) is 9.84 Å². The SMILES string of the molecule is CC(Cl)S(=O)(=O)CCCNC(=O)Nc1ccc(S(=O)(=O)O)c(N)c1. The molecule has 0 saturated heterocycles. The van der Waals surface area contributed by atoms with Gasteiger partial charge in [0.25, 0.3) is 10.1 Å². The quantitative estimate of drug-likeness (QED) is 0.231. The minimum Gasteiger partial charge on any atom is -0.398 e. The molecule has 0 aromatic heterocycles. The predicted molar refractivity (Wildman–Crippen MR) is 91.4 cm³/mol. The van der Waals surface area contributed by atoms with Crippen LogP contribution < -0.4 is 16.4 Å². The summed E-state index contributed by atoms with van der Waals surface area (Å²) in [7, 11) is -7.82. The number of hydrogen-bond donors (Lipinski definition) is 4. The average molecular weight is 400 g/mol. The van der Waals surface area contributed by atoms with E-state index in [-0.39, 0.29) is 30.1 Å². The van der Waals surface area contributed by atoms with Gasteiger partial charge in [0.05, 0.1) is 11.4 Å². The zero-order chi connectivity index (χ0) is 18.5. The fourth-order valence-corrected chi connectivity index (χ4v) is 3.41. The van der Waals surface area contributed by atoms with E-state index in [2.05, 4.69) is 10.6 Å². The van der Waals surface area contributed by atoms with E-state index in [0.29, 0.717) is 0 Å². The molecule has 1 rings (SSSR count). The van der Waals surface area contributed by atoms with Crippen LogP contribution in [0.3, 0.4) is 0 Å². The number of halogens is 1. The molecule has 0 aliphatic carbocycles. The number of alkyl halides is 1. The van der Waals surface area contributed by atoms with Crippen LogP contribution in [-0.2, 0) is 20.0 Å². The lowest BCUT2D eigenvalue weighted by molar-refractivity contribution is 0.252. The van der Waals surface area contributed by atoms with Crippen LogP contribution >= 0.6 is 11.6 Å². The third-order valence-corrected chi connectivity index (χ3v) is 6.52. The molecule has 0 fully saturated rings. The smallest absolute Gasteiger partial charge is 0.319 e. The van der Waals surface area contributed by atoms with E-state index in [1.807, 2.05) is 0 Å². The number of sulfone groups is 1. The van der Waals surface area contributed by atoms with Crippen molar-refractivity contribution in [1.82, 2.24) is 5.32 Å². The highest BCUT2D eigenvalue weighted by molar-refractivity contribution is 7.93. The molecule has 9 nitrogen and oxygen atoms in total. The van der Waals surface area contributed by atoms with Gasteiger partial charge < -0.3 is 16.4 Å². The first-order chi connectivity index (χ1) is 10.9. The molecule has 12 heteroatoms. The number of amides is 2. The first-order valence-corrected chi connectivity index (χ1v) is 10.3. The number of rotatable bonds is 7. The third-order valence-electron chi connectivity index (χ3n) is 2.93. The minimum atomic E-state index is -4.44. The summed E-state index contributed by atoms with van der Waals surface area (Å²) in [5.41, 5.74) is 5.47. The molecule has 0 bridgehead atoms.